The van der Waals surface area contributed by atoms with Crippen molar-refractivity contribution in [3.63, 3.8) is 0 Å². The first-order valence-electron chi connectivity index (χ1n) is 7.28. The summed E-state index contributed by atoms with van der Waals surface area (Å²) in [4.78, 5) is 22.3. The zero-order valence-electron chi connectivity index (χ0n) is 12.5. The Bertz CT molecular complexity index is 490. The summed E-state index contributed by atoms with van der Waals surface area (Å²) in [6.45, 7) is 7.58. The maximum absolute atomic E-state index is 11.6. The van der Waals surface area contributed by atoms with Crippen LogP contribution in [0, 0.1) is 5.41 Å². The van der Waals surface area contributed by atoms with E-state index in [1.165, 1.54) is 0 Å². The molecule has 2 heterocycles. The van der Waals surface area contributed by atoms with Gasteiger partial charge in [-0.3, -0.25) is 4.79 Å². The third-order valence-corrected chi connectivity index (χ3v) is 4.35. The van der Waals surface area contributed by atoms with Gasteiger partial charge in [-0.1, -0.05) is 20.8 Å². The quantitative estimate of drug-likeness (QED) is 0.916. The van der Waals surface area contributed by atoms with Gasteiger partial charge in [0.25, 0.3) is 0 Å². The van der Waals surface area contributed by atoms with E-state index < -0.39 is 11.4 Å². The normalized spacial score (nSPS) is 23.1. The monoisotopic (exact) mass is 277 g/mol. The SMILES string of the molecule is CC[C@@]1(C(=O)O)CCCN(c2ncncc2C(C)C)C1. The van der Waals surface area contributed by atoms with Gasteiger partial charge in [0.05, 0.1) is 5.41 Å². The van der Waals surface area contributed by atoms with Crippen molar-refractivity contribution >= 4 is 11.8 Å². The molecule has 1 fully saturated rings. The lowest BCUT2D eigenvalue weighted by atomic mass is 9.77. The molecule has 2 rings (SSSR count). The van der Waals surface area contributed by atoms with Gasteiger partial charge in [-0.25, -0.2) is 9.97 Å². The van der Waals surface area contributed by atoms with E-state index in [4.69, 9.17) is 0 Å². The van der Waals surface area contributed by atoms with Gasteiger partial charge < -0.3 is 10.0 Å². The average Bonchev–Trinajstić information content (AvgIpc) is 2.47. The standard InChI is InChI=1S/C15H23N3O2/c1-4-15(14(19)20)6-5-7-18(9-15)13-12(11(2)3)8-16-10-17-13/h8,10-11H,4-7,9H2,1-3H3,(H,19,20)/t15-/m1/s1. The first-order valence-corrected chi connectivity index (χ1v) is 7.28. The number of carboxylic acids is 1. The largest absolute Gasteiger partial charge is 0.481 e. The smallest absolute Gasteiger partial charge is 0.311 e. The minimum absolute atomic E-state index is 0.328. The Hall–Kier alpha value is -1.65. The molecule has 1 N–H and O–H groups in total. The van der Waals surface area contributed by atoms with Crippen molar-refractivity contribution in [2.75, 3.05) is 18.0 Å². The predicted octanol–water partition coefficient (Wildman–Crippen LogP) is 2.68. The summed E-state index contributed by atoms with van der Waals surface area (Å²) in [5.74, 6) is 0.535. The minimum Gasteiger partial charge on any atom is -0.481 e. The zero-order valence-corrected chi connectivity index (χ0v) is 12.5. The molecular weight excluding hydrogens is 254 g/mol. The van der Waals surface area contributed by atoms with Crippen LogP contribution in [0.1, 0.15) is 51.5 Å². The highest BCUT2D eigenvalue weighted by molar-refractivity contribution is 5.76. The summed E-state index contributed by atoms with van der Waals surface area (Å²) in [5.41, 5.74) is 0.446. The lowest BCUT2D eigenvalue weighted by Gasteiger charge is -2.40. The maximum Gasteiger partial charge on any atom is 0.311 e. The second-order valence-electron chi connectivity index (χ2n) is 5.92. The van der Waals surface area contributed by atoms with Crippen LogP contribution in [0.4, 0.5) is 5.82 Å². The number of rotatable bonds is 4. The highest BCUT2D eigenvalue weighted by Crippen LogP contribution is 2.37. The Kier molecular flexibility index (Phi) is 4.26. The molecule has 0 radical (unpaired) electrons. The first kappa shape index (κ1) is 14.8. The van der Waals surface area contributed by atoms with E-state index in [9.17, 15) is 9.90 Å². The Morgan fingerprint density at radius 1 is 1.55 bits per heavy atom. The fourth-order valence-electron chi connectivity index (χ4n) is 2.93. The number of anilines is 1. The molecule has 0 aliphatic carbocycles. The van der Waals surface area contributed by atoms with Crippen LogP contribution >= 0.6 is 0 Å². The molecule has 0 unspecified atom stereocenters. The van der Waals surface area contributed by atoms with Crippen LogP contribution in [-0.2, 0) is 4.79 Å². The van der Waals surface area contributed by atoms with E-state index in [0.717, 1.165) is 30.8 Å². The molecule has 1 saturated heterocycles. The molecule has 1 aliphatic heterocycles. The summed E-state index contributed by atoms with van der Waals surface area (Å²) >= 11 is 0. The van der Waals surface area contributed by atoms with E-state index in [-0.39, 0.29) is 0 Å². The third-order valence-electron chi connectivity index (χ3n) is 4.35. The Labute approximate surface area is 120 Å². The van der Waals surface area contributed by atoms with Crippen LogP contribution in [0.5, 0.6) is 0 Å². The van der Waals surface area contributed by atoms with Crippen LogP contribution in [0.25, 0.3) is 0 Å². The second kappa shape index (κ2) is 5.77. The zero-order chi connectivity index (χ0) is 14.8. The second-order valence-corrected chi connectivity index (χ2v) is 5.92. The summed E-state index contributed by atoms with van der Waals surface area (Å²) in [5, 5.41) is 9.57. The lowest BCUT2D eigenvalue weighted by molar-refractivity contribution is -0.149. The lowest BCUT2D eigenvalue weighted by Crippen LogP contribution is -2.48. The van der Waals surface area contributed by atoms with Crippen LogP contribution in [-0.4, -0.2) is 34.1 Å². The Balaban J connectivity index is 2.32. The topological polar surface area (TPSA) is 66.3 Å². The molecule has 0 spiro atoms. The van der Waals surface area contributed by atoms with Gasteiger partial charge in [0.2, 0.25) is 0 Å². The van der Waals surface area contributed by atoms with Crippen LogP contribution in [0.2, 0.25) is 0 Å². The first-order chi connectivity index (χ1) is 9.50. The number of carbonyl (C=O) groups is 1. The van der Waals surface area contributed by atoms with Gasteiger partial charge in [-0.05, 0) is 25.2 Å². The van der Waals surface area contributed by atoms with Gasteiger partial charge >= 0.3 is 5.97 Å². The van der Waals surface area contributed by atoms with Crippen molar-refractivity contribution in [2.45, 2.75) is 46.0 Å². The Morgan fingerprint density at radius 3 is 2.90 bits per heavy atom. The van der Waals surface area contributed by atoms with E-state index in [0.29, 0.717) is 18.9 Å². The van der Waals surface area contributed by atoms with Gasteiger partial charge in [0.1, 0.15) is 12.1 Å². The van der Waals surface area contributed by atoms with Gasteiger partial charge in [0, 0.05) is 24.8 Å². The van der Waals surface area contributed by atoms with Crippen molar-refractivity contribution in [3.8, 4) is 0 Å². The van der Waals surface area contributed by atoms with Crippen molar-refractivity contribution in [3.05, 3.63) is 18.1 Å². The Morgan fingerprint density at radius 2 is 2.30 bits per heavy atom. The summed E-state index contributed by atoms with van der Waals surface area (Å²) in [7, 11) is 0. The van der Waals surface area contributed by atoms with Gasteiger partial charge in [0.15, 0.2) is 0 Å². The molecular formula is C15H23N3O2. The molecule has 1 aliphatic rings. The highest BCUT2D eigenvalue weighted by atomic mass is 16.4. The number of hydrogen-bond acceptors (Lipinski definition) is 4. The predicted molar refractivity (Wildman–Crippen MR) is 77.9 cm³/mol. The molecule has 110 valence electrons. The molecule has 0 aromatic carbocycles. The highest BCUT2D eigenvalue weighted by Gasteiger charge is 2.41. The fourth-order valence-corrected chi connectivity index (χ4v) is 2.93. The van der Waals surface area contributed by atoms with Crippen molar-refractivity contribution in [1.82, 2.24) is 9.97 Å². The molecule has 5 heteroatoms. The van der Waals surface area contributed by atoms with E-state index in [1.54, 1.807) is 6.33 Å². The molecule has 5 nitrogen and oxygen atoms in total. The third kappa shape index (κ3) is 2.62. The maximum atomic E-state index is 11.6. The van der Waals surface area contributed by atoms with E-state index >= 15 is 0 Å². The fraction of sp³-hybridized carbons (Fsp3) is 0.667. The van der Waals surface area contributed by atoms with Crippen LogP contribution in [0.15, 0.2) is 12.5 Å². The molecule has 0 saturated carbocycles. The average molecular weight is 277 g/mol. The minimum atomic E-state index is -0.690. The van der Waals surface area contributed by atoms with E-state index in [2.05, 4.69) is 28.7 Å². The molecule has 1 aromatic heterocycles. The molecule has 20 heavy (non-hydrogen) atoms. The number of hydrogen-bond donors (Lipinski definition) is 1. The van der Waals surface area contributed by atoms with Crippen LogP contribution in [0.3, 0.4) is 0 Å². The number of piperidine rings is 1. The number of nitrogens with zero attached hydrogens (tertiary/aromatic N) is 3. The van der Waals surface area contributed by atoms with Gasteiger partial charge in [-0.2, -0.15) is 0 Å². The van der Waals surface area contributed by atoms with Crippen molar-refractivity contribution < 1.29 is 9.90 Å². The molecule has 0 bridgehead atoms. The van der Waals surface area contributed by atoms with Crippen LogP contribution < -0.4 is 4.90 Å². The molecule has 0 amide bonds. The summed E-state index contributed by atoms with van der Waals surface area (Å²) in [6, 6.07) is 0. The number of carboxylic acid groups (broad SMARTS) is 1. The van der Waals surface area contributed by atoms with Gasteiger partial charge in [-0.15, -0.1) is 0 Å². The van der Waals surface area contributed by atoms with E-state index in [1.807, 2.05) is 13.1 Å². The summed E-state index contributed by atoms with van der Waals surface area (Å²) in [6.07, 6.45) is 5.68. The molecule has 1 atom stereocenters. The number of aliphatic carboxylic acids is 1. The summed E-state index contributed by atoms with van der Waals surface area (Å²) < 4.78 is 0. The number of aromatic nitrogens is 2. The van der Waals surface area contributed by atoms with Crippen molar-refractivity contribution in [1.29, 1.82) is 0 Å². The molecule has 1 aromatic rings. The van der Waals surface area contributed by atoms with Crippen molar-refractivity contribution in [2.24, 2.45) is 5.41 Å².